The second kappa shape index (κ2) is 7.08. The van der Waals surface area contributed by atoms with Crippen LogP contribution in [0.3, 0.4) is 0 Å². The number of hydrogen-bond donors (Lipinski definition) is 2. The van der Waals surface area contributed by atoms with Crippen LogP contribution in [0, 0.1) is 0 Å². The molecule has 2 aliphatic rings. The fraction of sp³-hybridized carbons (Fsp3) is 1.00. The van der Waals surface area contributed by atoms with Crippen LogP contribution < -0.4 is 0 Å². The maximum Gasteiger partial charge on any atom is 0.222 e. The first-order chi connectivity index (χ1) is 10.1. The highest BCUT2D eigenvalue weighted by Gasteiger charge is 2.49. The van der Waals surface area contributed by atoms with E-state index < -0.39 is 45.9 Å². The minimum absolute atomic E-state index is 0.110. The molecule has 0 aromatic carbocycles. The van der Waals surface area contributed by atoms with Crippen LogP contribution in [0.5, 0.6) is 0 Å². The van der Waals surface area contributed by atoms with Gasteiger partial charge in [-0.25, -0.2) is 0 Å². The Balaban J connectivity index is 2.02. The Labute approximate surface area is 132 Å². The van der Waals surface area contributed by atoms with Crippen LogP contribution in [-0.4, -0.2) is 59.6 Å². The highest BCUT2D eigenvalue weighted by atomic mass is 31.3. The summed E-state index contributed by atoms with van der Waals surface area (Å²) in [4.78, 5) is 19.2. The van der Waals surface area contributed by atoms with E-state index in [1.54, 1.807) is 0 Å². The standard InChI is InChI=1S/C9H20BO8P4/c1-10-9-2-7(18-19)8(17-9)3-16-22(15)5-20(11,12)4-21(13,14)6-22/h7-9H,2-6,19H2,1H3,(H,11,12)(H,13,14)/t7-,8-,9-/m1/s1. The van der Waals surface area contributed by atoms with Gasteiger partial charge in [0, 0.05) is 15.5 Å². The second-order valence-corrected chi connectivity index (χ2v) is 14.6. The average molecular weight is 391 g/mol. The predicted octanol–water partition coefficient (Wildman–Crippen LogP) is 1.75. The minimum Gasteiger partial charge on any atom is -0.379 e. The third kappa shape index (κ3) is 4.99. The Morgan fingerprint density at radius 3 is 2.32 bits per heavy atom. The van der Waals surface area contributed by atoms with Crippen molar-refractivity contribution in [3.63, 3.8) is 0 Å². The number of rotatable bonds is 5. The summed E-state index contributed by atoms with van der Waals surface area (Å²) in [5, 5.41) is 0. The molecule has 2 aliphatic heterocycles. The van der Waals surface area contributed by atoms with Crippen molar-refractivity contribution in [3.05, 3.63) is 0 Å². The third-order valence-electron chi connectivity index (χ3n) is 3.56. The third-order valence-corrected chi connectivity index (χ3v) is 15.1. The summed E-state index contributed by atoms with van der Waals surface area (Å²) in [6, 6.07) is -0.112. The molecule has 0 aromatic rings. The van der Waals surface area contributed by atoms with Gasteiger partial charge in [0.05, 0.1) is 12.7 Å². The molecule has 0 spiro atoms. The SMILES string of the molecule is C[B][C@H]1C[C@@H](OP)[C@@H](COP2(=O)CP(=O)(O)CP(=O)(O)C2)O1. The molecule has 13 heteroatoms. The minimum atomic E-state index is -3.91. The van der Waals surface area contributed by atoms with Crippen LogP contribution in [0.15, 0.2) is 0 Å². The fourth-order valence-corrected chi connectivity index (χ4v) is 15.7. The van der Waals surface area contributed by atoms with Crippen LogP contribution in [0.25, 0.3) is 0 Å². The van der Waals surface area contributed by atoms with Gasteiger partial charge in [-0.1, -0.05) is 6.82 Å². The van der Waals surface area contributed by atoms with Crippen molar-refractivity contribution in [2.75, 3.05) is 24.3 Å². The fourth-order valence-electron chi connectivity index (χ4n) is 2.70. The second-order valence-electron chi connectivity index (χ2n) is 5.68. The summed E-state index contributed by atoms with van der Waals surface area (Å²) < 4.78 is 52.3. The predicted molar refractivity (Wildman–Crippen MR) is 87.3 cm³/mol. The molecule has 0 saturated carbocycles. The molecule has 0 bridgehead atoms. The summed E-state index contributed by atoms with van der Waals surface area (Å²) in [5.74, 6) is -1.82. The highest BCUT2D eigenvalue weighted by Crippen LogP contribution is 2.76. The van der Waals surface area contributed by atoms with Crippen LogP contribution in [0.1, 0.15) is 6.42 Å². The molecule has 2 saturated heterocycles. The molecule has 0 aromatic heterocycles. The van der Waals surface area contributed by atoms with Gasteiger partial charge in [-0.15, -0.1) is 0 Å². The molecule has 1 radical (unpaired) electrons. The number of hydrogen-bond acceptors (Lipinski definition) is 6. The summed E-state index contributed by atoms with van der Waals surface area (Å²) >= 11 is 0. The van der Waals surface area contributed by atoms with Gasteiger partial charge in [-0.3, -0.25) is 13.7 Å². The topological polar surface area (TPSA) is 119 Å². The molecular formula is C9H20BO8P4. The molecule has 8 nitrogen and oxygen atoms in total. The van der Waals surface area contributed by atoms with Crippen molar-refractivity contribution in [1.82, 2.24) is 0 Å². The summed E-state index contributed by atoms with van der Waals surface area (Å²) in [5.41, 5.74) is 0. The van der Waals surface area contributed by atoms with E-state index >= 15 is 0 Å². The Kier molecular flexibility index (Phi) is 6.21. The monoisotopic (exact) mass is 391 g/mol. The van der Waals surface area contributed by atoms with E-state index in [1.165, 1.54) is 0 Å². The van der Waals surface area contributed by atoms with Gasteiger partial charge < -0.3 is 23.6 Å². The Morgan fingerprint density at radius 2 is 1.82 bits per heavy atom. The Morgan fingerprint density at radius 1 is 1.23 bits per heavy atom. The quantitative estimate of drug-likeness (QED) is 0.538. The first-order valence-electron chi connectivity index (χ1n) is 6.73. The smallest absolute Gasteiger partial charge is 0.222 e. The molecule has 6 atom stereocenters. The van der Waals surface area contributed by atoms with Gasteiger partial charge in [0.2, 0.25) is 22.1 Å². The van der Waals surface area contributed by atoms with Crippen molar-refractivity contribution in [1.29, 1.82) is 0 Å². The van der Waals surface area contributed by atoms with Crippen molar-refractivity contribution in [2.45, 2.75) is 31.5 Å². The van der Waals surface area contributed by atoms with E-state index in [9.17, 15) is 23.5 Å². The Hall–Kier alpha value is 0.985. The van der Waals surface area contributed by atoms with E-state index in [1.807, 2.05) is 14.1 Å². The van der Waals surface area contributed by atoms with E-state index in [-0.39, 0.29) is 18.7 Å². The maximum absolute atomic E-state index is 12.6. The molecule has 0 amide bonds. The van der Waals surface area contributed by atoms with Crippen LogP contribution >= 0.6 is 31.6 Å². The van der Waals surface area contributed by atoms with Gasteiger partial charge in [0.1, 0.15) is 31.1 Å². The lowest BCUT2D eigenvalue weighted by atomic mass is 9.73. The Bertz CT molecular complexity index is 528. The zero-order chi connectivity index (χ0) is 16.6. The lowest BCUT2D eigenvalue weighted by molar-refractivity contribution is 0.0156. The van der Waals surface area contributed by atoms with E-state index in [0.717, 1.165) is 0 Å². The van der Waals surface area contributed by atoms with Crippen molar-refractivity contribution in [2.24, 2.45) is 0 Å². The van der Waals surface area contributed by atoms with Gasteiger partial charge in [0.15, 0.2) is 0 Å². The molecule has 2 N–H and O–H groups in total. The normalized spacial score (nSPS) is 49.2. The van der Waals surface area contributed by atoms with Crippen LogP contribution in [-0.2, 0) is 27.5 Å². The van der Waals surface area contributed by atoms with Gasteiger partial charge in [-0.2, -0.15) is 0 Å². The molecule has 2 rings (SSSR count). The maximum atomic E-state index is 12.6. The lowest BCUT2D eigenvalue weighted by Crippen LogP contribution is -2.27. The van der Waals surface area contributed by atoms with Crippen molar-refractivity contribution in [3.8, 4) is 0 Å². The van der Waals surface area contributed by atoms with E-state index in [4.69, 9.17) is 13.8 Å². The van der Waals surface area contributed by atoms with Crippen molar-refractivity contribution >= 4 is 38.9 Å². The van der Waals surface area contributed by atoms with Gasteiger partial charge in [0.25, 0.3) is 0 Å². The highest BCUT2D eigenvalue weighted by molar-refractivity contribution is 7.91. The van der Waals surface area contributed by atoms with Crippen molar-refractivity contribution < 1.29 is 37.3 Å². The first kappa shape index (κ1) is 19.3. The van der Waals surface area contributed by atoms with E-state index in [2.05, 4.69) is 9.47 Å². The molecule has 22 heavy (non-hydrogen) atoms. The van der Waals surface area contributed by atoms with Gasteiger partial charge >= 0.3 is 0 Å². The zero-order valence-electron chi connectivity index (χ0n) is 12.1. The molecule has 0 aliphatic carbocycles. The van der Waals surface area contributed by atoms with Crippen LogP contribution in [0.4, 0.5) is 0 Å². The molecular weight excluding hydrogens is 371 g/mol. The zero-order valence-corrected chi connectivity index (χ0v) is 15.9. The van der Waals surface area contributed by atoms with E-state index in [0.29, 0.717) is 6.42 Å². The number of ether oxygens (including phenoxy) is 1. The molecule has 127 valence electrons. The summed E-state index contributed by atoms with van der Waals surface area (Å²) in [7, 11) is -7.48. The summed E-state index contributed by atoms with van der Waals surface area (Å²) in [6.07, 6.45) is -0.137. The van der Waals surface area contributed by atoms with Crippen LogP contribution in [0.2, 0.25) is 6.82 Å². The first-order valence-corrected chi connectivity index (χ1v) is 13.3. The molecule has 3 unspecified atom stereocenters. The largest absolute Gasteiger partial charge is 0.379 e. The lowest BCUT2D eigenvalue weighted by Gasteiger charge is -2.30. The average Bonchev–Trinajstić information content (AvgIpc) is 2.74. The molecule has 2 fully saturated rings. The summed E-state index contributed by atoms with van der Waals surface area (Å²) in [6.45, 7) is 1.74. The van der Waals surface area contributed by atoms with Gasteiger partial charge in [-0.05, 0) is 6.42 Å². The molecule has 2 heterocycles.